The Morgan fingerprint density at radius 2 is 1.16 bits per heavy atom. The summed E-state index contributed by atoms with van der Waals surface area (Å²) in [4.78, 5) is 114. The summed E-state index contributed by atoms with van der Waals surface area (Å²) >= 11 is 0. The van der Waals surface area contributed by atoms with Crippen LogP contribution in [0.15, 0.2) is 30.3 Å². The third-order valence-corrected chi connectivity index (χ3v) is 11.1. The Balaban J connectivity index is 2.40. The first-order valence-electron chi connectivity index (χ1n) is 22.8. The number of unbranched alkanes of at least 4 members (excludes halogenated alkanes) is 1. The first-order valence-corrected chi connectivity index (χ1v) is 22.8. The number of hydrogen-bond donors (Lipinski definition) is 18. The number of amides is 7. The average molecular weight is 981 g/mol. The summed E-state index contributed by atoms with van der Waals surface area (Å²) in [5, 5.41) is 54.6. The SMILES string of the molecule is C[C@@H](O)[C@H](N)C(=O)N[C@@H](CO)C(=O)N1CCC[C@H]1C(=O)N[C@@H](CCCC[NH3+])C(=O)N[C@@H](Cc1ccccc1)C(=O)N[C@@H](CCC[NH+]=C(N)N)C(=O)N[C@@H](CO)C(=O)N[C@@H](CCC[NH+]=C(N)N)C(=O)O. The Morgan fingerprint density at radius 3 is 1.70 bits per heavy atom. The molecule has 0 unspecified atom stereocenters. The molecule has 0 aliphatic carbocycles. The van der Waals surface area contributed by atoms with E-state index in [-0.39, 0.29) is 76.5 Å². The van der Waals surface area contributed by atoms with Crippen LogP contribution in [0.3, 0.4) is 0 Å². The Bertz CT molecular complexity index is 1920. The molecule has 2 rings (SSSR count). The number of carbonyl (C=O) groups is 8. The number of aliphatic hydroxyl groups is 3. The molecular formula is C42H74N15O12+3. The standard InChI is InChI=1S/C42H71N15O12/c1-23(60)32(44)38(66)56-30(22-59)39(67)57-19-9-15-31(57)37(65)52-25(12-5-6-16-43)33(61)54-28(20-24-10-3-2-4-11-24)35(63)51-26(13-7-17-49-41(45)46)34(62)55-29(21-58)36(64)53-27(40(68)69)14-8-18-50-42(47)48/h2-4,10-11,23,25-32,58-60H,5-9,12-22,43-44H2,1H3,(H,51,63)(H,52,65)(H,53,64)(H,54,61)(H,55,62)(H,56,66)(H,68,69)(H4,45,46,49)(H4,47,48,50)/p+3/t23-,25+,26+,27+,28+,29+,30+,31+,32+/m1/s1. The van der Waals surface area contributed by atoms with Gasteiger partial charge in [0.05, 0.1) is 39.0 Å². The number of carboxylic acids is 1. The molecule has 0 aromatic heterocycles. The van der Waals surface area contributed by atoms with Gasteiger partial charge in [0.25, 0.3) is 0 Å². The lowest BCUT2D eigenvalue weighted by Crippen LogP contribution is -2.78. The second-order valence-electron chi connectivity index (χ2n) is 16.6. The van der Waals surface area contributed by atoms with Crippen LogP contribution in [-0.2, 0) is 44.8 Å². The van der Waals surface area contributed by atoms with E-state index in [0.717, 1.165) is 0 Å². The van der Waals surface area contributed by atoms with Crippen LogP contribution in [0.2, 0.25) is 0 Å². The number of aliphatic carboxylic acids is 1. The van der Waals surface area contributed by atoms with Gasteiger partial charge in [-0.2, -0.15) is 0 Å². The van der Waals surface area contributed by atoms with Crippen molar-refractivity contribution >= 4 is 59.2 Å². The number of likely N-dealkylation sites (tertiary alicyclic amines) is 1. The van der Waals surface area contributed by atoms with Crippen molar-refractivity contribution in [2.45, 2.75) is 126 Å². The summed E-state index contributed by atoms with van der Waals surface area (Å²) < 4.78 is 0. The molecule has 1 aromatic rings. The Kier molecular flexibility index (Phi) is 26.0. The number of nitrogens with zero attached hydrogens (tertiary/aromatic N) is 1. The quantitative estimate of drug-likeness (QED) is 0.0187. The summed E-state index contributed by atoms with van der Waals surface area (Å²) in [6.45, 7) is 0.424. The number of aliphatic hydroxyl groups excluding tert-OH is 3. The van der Waals surface area contributed by atoms with Gasteiger partial charge in [0.15, 0.2) is 0 Å². The lowest BCUT2D eigenvalue weighted by Gasteiger charge is -2.30. The zero-order valence-electron chi connectivity index (χ0n) is 39.0. The molecule has 25 N–H and O–H groups in total. The lowest BCUT2D eigenvalue weighted by atomic mass is 10.0. The molecule has 0 spiro atoms. The number of carboxylic acid groups (broad SMARTS) is 1. The van der Waals surface area contributed by atoms with Crippen LogP contribution in [0.5, 0.6) is 0 Å². The molecule has 386 valence electrons. The topological polar surface area (TPSA) is 479 Å². The zero-order chi connectivity index (χ0) is 51.6. The zero-order valence-corrected chi connectivity index (χ0v) is 39.0. The lowest BCUT2D eigenvalue weighted by molar-refractivity contribution is -0.460. The Morgan fingerprint density at radius 1 is 0.681 bits per heavy atom. The smallest absolute Gasteiger partial charge is 0.338 e. The van der Waals surface area contributed by atoms with E-state index in [1.807, 2.05) is 0 Å². The van der Waals surface area contributed by atoms with E-state index in [9.17, 15) is 58.8 Å². The third-order valence-electron chi connectivity index (χ3n) is 11.1. The van der Waals surface area contributed by atoms with Gasteiger partial charge in [-0.05, 0) is 70.3 Å². The number of nitrogens with two attached hydrogens (primary N) is 5. The second kappa shape index (κ2) is 30.6. The second-order valence-corrected chi connectivity index (χ2v) is 16.6. The van der Waals surface area contributed by atoms with Crippen LogP contribution in [-0.4, -0.2) is 178 Å². The highest BCUT2D eigenvalue weighted by atomic mass is 16.4. The number of hydrogen-bond acceptors (Lipinski definition) is 12. The van der Waals surface area contributed by atoms with Gasteiger partial charge in [-0.3, -0.25) is 66.5 Å². The first kappa shape index (κ1) is 58.4. The third kappa shape index (κ3) is 20.6. The Labute approximate surface area is 399 Å². The van der Waals surface area contributed by atoms with Crippen LogP contribution in [0.1, 0.15) is 70.3 Å². The van der Waals surface area contributed by atoms with Crippen LogP contribution in [0.25, 0.3) is 0 Å². The molecule has 7 amide bonds. The average Bonchev–Trinajstić information content (AvgIpc) is 3.81. The Hall–Kier alpha value is -6.68. The molecule has 0 bridgehead atoms. The molecule has 1 aliphatic heterocycles. The van der Waals surface area contributed by atoms with E-state index < -0.39 is 115 Å². The van der Waals surface area contributed by atoms with Gasteiger partial charge in [-0.1, -0.05) is 30.3 Å². The van der Waals surface area contributed by atoms with Gasteiger partial charge in [-0.25, -0.2) is 4.79 Å². The van der Waals surface area contributed by atoms with Gasteiger partial charge in [-0.15, -0.1) is 0 Å². The van der Waals surface area contributed by atoms with Crippen molar-refractivity contribution in [1.29, 1.82) is 0 Å². The van der Waals surface area contributed by atoms with Crippen molar-refractivity contribution in [3.05, 3.63) is 35.9 Å². The van der Waals surface area contributed by atoms with E-state index in [0.29, 0.717) is 31.4 Å². The molecule has 1 aliphatic rings. The highest BCUT2D eigenvalue weighted by molar-refractivity contribution is 5.98. The van der Waals surface area contributed by atoms with Gasteiger partial charge in [0, 0.05) is 13.0 Å². The molecule has 1 fully saturated rings. The molecule has 9 atom stereocenters. The number of benzene rings is 1. The van der Waals surface area contributed by atoms with E-state index in [1.54, 1.807) is 30.3 Å². The van der Waals surface area contributed by atoms with Crippen molar-refractivity contribution < 1.29 is 74.5 Å². The molecular weight excluding hydrogens is 907 g/mol. The van der Waals surface area contributed by atoms with Crippen molar-refractivity contribution in [3.8, 4) is 0 Å². The summed E-state index contributed by atoms with van der Waals surface area (Å²) in [5.74, 6) is -7.59. The molecule has 27 nitrogen and oxygen atoms in total. The minimum absolute atomic E-state index is 0.0674. The molecule has 0 saturated carbocycles. The minimum atomic E-state index is -1.66. The van der Waals surface area contributed by atoms with Crippen LogP contribution < -0.4 is 76.3 Å². The number of carbonyl (C=O) groups excluding carboxylic acids is 7. The number of nitrogens with one attached hydrogen (secondary N) is 8. The summed E-state index contributed by atoms with van der Waals surface area (Å²) in [6.07, 6.45) is 0.496. The van der Waals surface area contributed by atoms with E-state index >= 15 is 0 Å². The maximum atomic E-state index is 14.3. The maximum absolute atomic E-state index is 14.3. The van der Waals surface area contributed by atoms with E-state index in [4.69, 9.17) is 28.7 Å². The van der Waals surface area contributed by atoms with E-state index in [1.165, 1.54) is 11.8 Å². The molecule has 1 heterocycles. The van der Waals surface area contributed by atoms with Gasteiger partial charge in [0.2, 0.25) is 41.4 Å². The van der Waals surface area contributed by atoms with Crippen molar-refractivity contribution in [2.75, 3.05) is 39.4 Å². The maximum Gasteiger partial charge on any atom is 0.338 e. The molecule has 1 aromatic carbocycles. The summed E-state index contributed by atoms with van der Waals surface area (Å²) in [6, 6.07) is -2.56. The van der Waals surface area contributed by atoms with Crippen LogP contribution >= 0.6 is 0 Å². The fourth-order valence-corrected chi connectivity index (χ4v) is 7.18. The molecule has 69 heavy (non-hydrogen) atoms. The normalized spacial score (nSPS) is 16.7. The van der Waals surface area contributed by atoms with Crippen molar-refractivity contribution in [1.82, 2.24) is 36.8 Å². The van der Waals surface area contributed by atoms with Crippen LogP contribution in [0.4, 0.5) is 0 Å². The number of rotatable bonds is 31. The molecule has 27 heteroatoms. The fraction of sp³-hybridized carbons (Fsp3) is 0.619. The number of guanidine groups is 2. The fourth-order valence-electron chi connectivity index (χ4n) is 7.18. The van der Waals surface area contributed by atoms with Gasteiger partial charge in [0.1, 0.15) is 48.3 Å². The van der Waals surface area contributed by atoms with Crippen molar-refractivity contribution in [2.24, 2.45) is 28.7 Å². The largest absolute Gasteiger partial charge is 0.480 e. The van der Waals surface area contributed by atoms with Gasteiger partial charge >= 0.3 is 17.9 Å². The number of quaternary nitrogens is 1. The predicted octanol–water partition coefficient (Wildman–Crippen LogP) is -11.4. The van der Waals surface area contributed by atoms with Crippen LogP contribution in [0, 0.1) is 0 Å². The summed E-state index contributed by atoms with van der Waals surface area (Å²) in [7, 11) is 0. The summed E-state index contributed by atoms with van der Waals surface area (Å²) in [5.41, 5.74) is 31.9. The minimum Gasteiger partial charge on any atom is -0.480 e. The van der Waals surface area contributed by atoms with Crippen molar-refractivity contribution in [3.63, 3.8) is 0 Å². The van der Waals surface area contributed by atoms with Gasteiger partial charge < -0.3 is 68.7 Å². The molecule has 1 saturated heterocycles. The predicted molar refractivity (Wildman–Crippen MR) is 246 cm³/mol. The monoisotopic (exact) mass is 981 g/mol. The first-order chi connectivity index (χ1) is 32.7. The molecule has 0 radical (unpaired) electrons. The highest BCUT2D eigenvalue weighted by Gasteiger charge is 2.40. The highest BCUT2D eigenvalue weighted by Crippen LogP contribution is 2.20. The van der Waals surface area contributed by atoms with E-state index in [2.05, 4.69) is 47.6 Å².